The van der Waals surface area contributed by atoms with Crippen LogP contribution in [0, 0.1) is 24.2 Å². The van der Waals surface area contributed by atoms with Crippen molar-refractivity contribution in [2.45, 2.75) is 65.3 Å². The monoisotopic (exact) mass is 390 g/mol. The Morgan fingerprint density at radius 2 is 2.17 bits per heavy atom. The lowest BCUT2D eigenvalue weighted by atomic mass is 9.55. The predicted octanol–water partition coefficient (Wildman–Crippen LogP) is 5.04. The molecule has 1 aromatic heterocycles. The van der Waals surface area contributed by atoms with Crippen LogP contribution in [0.2, 0.25) is 0 Å². The molecule has 152 valence electrons. The molecule has 5 rings (SSSR count). The van der Waals surface area contributed by atoms with Crippen LogP contribution in [-0.4, -0.2) is 20.7 Å². The van der Waals surface area contributed by atoms with Crippen LogP contribution < -0.4 is 0 Å². The zero-order valence-electron chi connectivity index (χ0n) is 17.6. The molecule has 4 atom stereocenters. The summed E-state index contributed by atoms with van der Waals surface area (Å²) in [4.78, 5) is 13.5. The molecule has 2 fully saturated rings. The molecule has 0 amide bonds. The summed E-state index contributed by atoms with van der Waals surface area (Å²) in [6, 6.07) is 5.90. The van der Waals surface area contributed by atoms with Crippen LogP contribution in [0.15, 0.2) is 30.0 Å². The highest BCUT2D eigenvalue weighted by atomic mass is 16.3. The van der Waals surface area contributed by atoms with E-state index in [1.165, 1.54) is 11.1 Å². The number of benzene rings is 1. The third-order valence-electron chi connectivity index (χ3n) is 7.99. The second-order valence-electron chi connectivity index (χ2n) is 9.48. The standard InChI is InChI=1S/C25H30N2O2/c1-4-27-14-18(15(2)26-27)11-17-13-23-22-7-5-16-12-19(28)6-8-20(16)21(22)9-10-25(23,3)24(17)29/h6,8,11-12,14,21-23,28H,4-5,7,9-10,13H2,1-3H3/b17-11+/t21-,22-,23-,25-/m1/s1. The van der Waals surface area contributed by atoms with Crippen molar-refractivity contribution in [3.63, 3.8) is 0 Å². The molecule has 0 radical (unpaired) electrons. The van der Waals surface area contributed by atoms with Crippen LogP contribution in [0.25, 0.3) is 6.08 Å². The third kappa shape index (κ3) is 2.79. The van der Waals surface area contributed by atoms with Gasteiger partial charge in [-0.3, -0.25) is 9.48 Å². The molecular weight excluding hydrogens is 360 g/mol. The van der Waals surface area contributed by atoms with Gasteiger partial charge in [0.05, 0.1) is 5.69 Å². The van der Waals surface area contributed by atoms with E-state index in [1.807, 2.05) is 23.7 Å². The lowest BCUT2D eigenvalue weighted by molar-refractivity contribution is -0.127. The molecule has 4 nitrogen and oxygen atoms in total. The van der Waals surface area contributed by atoms with Crippen molar-refractivity contribution in [2.24, 2.45) is 17.3 Å². The summed E-state index contributed by atoms with van der Waals surface area (Å²) in [5.74, 6) is 2.23. The maximum atomic E-state index is 13.5. The number of nitrogens with zero attached hydrogens (tertiary/aromatic N) is 2. The molecule has 3 aliphatic rings. The minimum atomic E-state index is -0.226. The first-order valence-corrected chi connectivity index (χ1v) is 11.0. The number of phenols is 1. The summed E-state index contributed by atoms with van der Waals surface area (Å²) in [7, 11) is 0. The minimum Gasteiger partial charge on any atom is -0.508 e. The SMILES string of the molecule is CCn1cc(/C=C2\C[C@@H]3[C@@H]4CCc5cc(O)ccc5[C@H]4CC[C@@]3(C)C2=O)c(C)n1. The molecular formula is C25H30N2O2. The van der Waals surface area contributed by atoms with Gasteiger partial charge in [0.2, 0.25) is 0 Å². The number of hydrogen-bond acceptors (Lipinski definition) is 3. The number of Topliss-reactive ketones (excluding diaryl/α,β-unsaturated/α-hetero) is 1. The predicted molar refractivity (Wildman–Crippen MR) is 114 cm³/mol. The van der Waals surface area contributed by atoms with E-state index in [-0.39, 0.29) is 5.41 Å². The van der Waals surface area contributed by atoms with Crippen molar-refractivity contribution in [1.82, 2.24) is 9.78 Å². The minimum absolute atomic E-state index is 0.226. The Hall–Kier alpha value is -2.36. The summed E-state index contributed by atoms with van der Waals surface area (Å²) >= 11 is 0. The molecule has 29 heavy (non-hydrogen) atoms. The van der Waals surface area contributed by atoms with Crippen molar-refractivity contribution >= 4 is 11.9 Å². The van der Waals surface area contributed by atoms with Gasteiger partial charge in [-0.2, -0.15) is 5.10 Å². The highest BCUT2D eigenvalue weighted by Gasteiger charge is 2.56. The molecule has 1 heterocycles. The summed E-state index contributed by atoms with van der Waals surface area (Å²) in [5.41, 5.74) is 5.56. The second kappa shape index (κ2) is 6.58. The number of ketones is 1. The van der Waals surface area contributed by atoms with Gasteiger partial charge in [-0.05, 0) is 98.6 Å². The van der Waals surface area contributed by atoms with Crippen LogP contribution in [-0.2, 0) is 17.8 Å². The molecule has 4 heteroatoms. The van der Waals surface area contributed by atoms with E-state index >= 15 is 0 Å². The van der Waals surface area contributed by atoms with Crippen molar-refractivity contribution in [3.05, 3.63) is 52.4 Å². The highest BCUT2D eigenvalue weighted by Crippen LogP contribution is 2.60. The number of rotatable bonds is 2. The Labute approximate surface area is 172 Å². The lowest BCUT2D eigenvalue weighted by Crippen LogP contribution is -2.42. The van der Waals surface area contributed by atoms with Crippen molar-refractivity contribution in [1.29, 1.82) is 0 Å². The molecule has 0 aliphatic heterocycles. The number of carbonyl (C=O) groups is 1. The zero-order chi connectivity index (χ0) is 20.3. The molecule has 2 aromatic rings. The molecule has 2 saturated carbocycles. The van der Waals surface area contributed by atoms with Crippen molar-refractivity contribution in [3.8, 4) is 5.75 Å². The van der Waals surface area contributed by atoms with Gasteiger partial charge in [0.15, 0.2) is 5.78 Å². The first kappa shape index (κ1) is 18.7. The van der Waals surface area contributed by atoms with Crippen LogP contribution >= 0.6 is 0 Å². The number of carbonyl (C=O) groups excluding carboxylic acids is 1. The smallest absolute Gasteiger partial charge is 0.165 e. The molecule has 0 saturated heterocycles. The van der Waals surface area contributed by atoms with Gasteiger partial charge in [0.1, 0.15) is 5.75 Å². The molecule has 1 N–H and O–H groups in total. The normalized spacial score (nSPS) is 32.2. The van der Waals surface area contributed by atoms with Gasteiger partial charge in [-0.1, -0.05) is 13.0 Å². The molecule has 0 unspecified atom stereocenters. The highest BCUT2D eigenvalue weighted by molar-refractivity contribution is 6.06. The van der Waals surface area contributed by atoms with E-state index in [0.717, 1.165) is 55.5 Å². The van der Waals surface area contributed by atoms with Crippen LogP contribution in [0.5, 0.6) is 5.75 Å². The lowest BCUT2D eigenvalue weighted by Gasteiger charge is -2.48. The quantitative estimate of drug-likeness (QED) is 0.731. The average Bonchev–Trinajstić information content (AvgIpc) is 3.19. The summed E-state index contributed by atoms with van der Waals surface area (Å²) in [6.45, 7) is 7.17. The van der Waals surface area contributed by atoms with Crippen LogP contribution in [0.3, 0.4) is 0 Å². The van der Waals surface area contributed by atoms with Gasteiger partial charge in [0.25, 0.3) is 0 Å². The average molecular weight is 391 g/mol. The summed E-state index contributed by atoms with van der Waals surface area (Å²) < 4.78 is 1.94. The fraction of sp³-hybridized carbons (Fsp3) is 0.520. The molecule has 3 aliphatic carbocycles. The van der Waals surface area contributed by atoms with Gasteiger partial charge >= 0.3 is 0 Å². The van der Waals surface area contributed by atoms with E-state index in [2.05, 4.69) is 37.3 Å². The first-order valence-electron chi connectivity index (χ1n) is 11.0. The van der Waals surface area contributed by atoms with Gasteiger partial charge in [-0.25, -0.2) is 0 Å². The molecule has 0 bridgehead atoms. The largest absolute Gasteiger partial charge is 0.508 e. The third-order valence-corrected chi connectivity index (χ3v) is 7.99. The number of aryl methyl sites for hydroxylation is 3. The Kier molecular flexibility index (Phi) is 4.23. The molecule has 1 aromatic carbocycles. The van der Waals surface area contributed by atoms with Crippen LogP contribution in [0.1, 0.15) is 67.8 Å². The topological polar surface area (TPSA) is 55.1 Å². The Balaban J connectivity index is 1.49. The number of aromatic nitrogens is 2. The van der Waals surface area contributed by atoms with E-state index < -0.39 is 0 Å². The summed E-state index contributed by atoms with van der Waals surface area (Å²) in [5, 5.41) is 14.4. The number of allylic oxidation sites excluding steroid dienone is 1. The van der Waals surface area contributed by atoms with Gasteiger partial charge < -0.3 is 5.11 Å². The first-order chi connectivity index (χ1) is 13.9. The van der Waals surface area contributed by atoms with Crippen LogP contribution in [0.4, 0.5) is 0 Å². The number of hydrogen-bond donors (Lipinski definition) is 1. The molecule has 0 spiro atoms. The maximum absolute atomic E-state index is 13.5. The second-order valence-corrected chi connectivity index (χ2v) is 9.48. The number of fused-ring (bicyclic) bond motifs is 5. The zero-order valence-corrected chi connectivity index (χ0v) is 17.6. The Bertz CT molecular complexity index is 1020. The fourth-order valence-corrected chi connectivity index (χ4v) is 6.39. The Morgan fingerprint density at radius 3 is 2.93 bits per heavy atom. The van der Waals surface area contributed by atoms with E-state index in [1.54, 1.807) is 0 Å². The van der Waals surface area contributed by atoms with Gasteiger partial charge in [0, 0.05) is 23.7 Å². The van der Waals surface area contributed by atoms with E-state index in [9.17, 15) is 9.90 Å². The number of aromatic hydroxyl groups is 1. The van der Waals surface area contributed by atoms with E-state index in [4.69, 9.17) is 0 Å². The van der Waals surface area contributed by atoms with E-state index in [0.29, 0.717) is 29.3 Å². The Morgan fingerprint density at radius 1 is 1.34 bits per heavy atom. The van der Waals surface area contributed by atoms with Crippen molar-refractivity contribution < 1.29 is 9.90 Å². The number of phenolic OH excluding ortho intramolecular Hbond substituents is 1. The van der Waals surface area contributed by atoms with Crippen molar-refractivity contribution in [2.75, 3.05) is 0 Å². The summed E-state index contributed by atoms with van der Waals surface area (Å²) in [6.07, 6.45) is 9.22. The fourth-order valence-electron chi connectivity index (χ4n) is 6.39. The maximum Gasteiger partial charge on any atom is 0.165 e. The van der Waals surface area contributed by atoms with Gasteiger partial charge in [-0.15, -0.1) is 0 Å².